The van der Waals surface area contributed by atoms with Gasteiger partial charge < -0.3 is 14.8 Å². The molecule has 1 saturated heterocycles. The molecule has 6 heteroatoms. The van der Waals surface area contributed by atoms with Gasteiger partial charge in [-0.3, -0.25) is 14.5 Å². The molecule has 1 rings (SSSR count). The summed E-state index contributed by atoms with van der Waals surface area (Å²) in [6.07, 6.45) is 3.80. The first kappa shape index (κ1) is 17.9. The van der Waals surface area contributed by atoms with Gasteiger partial charge in [0.1, 0.15) is 6.04 Å². The van der Waals surface area contributed by atoms with E-state index in [1.807, 2.05) is 18.7 Å². The van der Waals surface area contributed by atoms with Crippen LogP contribution >= 0.6 is 0 Å². The number of hydrogen-bond donors (Lipinski definition) is 1. The molecule has 0 saturated carbocycles. The predicted molar refractivity (Wildman–Crippen MR) is 79.9 cm³/mol. The summed E-state index contributed by atoms with van der Waals surface area (Å²) in [5.74, 6) is -0.289. The highest BCUT2D eigenvalue weighted by atomic mass is 16.5. The molecule has 0 aromatic carbocycles. The largest absolute Gasteiger partial charge is 0.468 e. The van der Waals surface area contributed by atoms with Gasteiger partial charge in [-0.15, -0.1) is 0 Å². The Morgan fingerprint density at radius 1 is 1.33 bits per heavy atom. The van der Waals surface area contributed by atoms with Gasteiger partial charge in [-0.2, -0.15) is 0 Å². The molecular weight excluding hydrogens is 272 g/mol. The molecule has 1 atom stereocenters. The van der Waals surface area contributed by atoms with Crippen molar-refractivity contribution in [2.24, 2.45) is 0 Å². The highest BCUT2D eigenvalue weighted by Crippen LogP contribution is 2.17. The highest BCUT2D eigenvalue weighted by Gasteiger charge is 2.30. The Bertz CT molecular complexity index is 334. The SMILES string of the molecule is COC(=O)[C@H]1CCCCN1CC(=O)NCCCOC(C)C. The minimum atomic E-state index is -0.279. The first-order chi connectivity index (χ1) is 10.0. The van der Waals surface area contributed by atoms with Crippen LogP contribution in [0.2, 0.25) is 0 Å². The fraction of sp³-hybridized carbons (Fsp3) is 0.867. The summed E-state index contributed by atoms with van der Waals surface area (Å²) in [6.45, 7) is 6.24. The van der Waals surface area contributed by atoms with Crippen LogP contribution in [-0.2, 0) is 19.1 Å². The molecule has 0 aliphatic carbocycles. The van der Waals surface area contributed by atoms with Crippen LogP contribution in [0.3, 0.4) is 0 Å². The van der Waals surface area contributed by atoms with E-state index >= 15 is 0 Å². The van der Waals surface area contributed by atoms with E-state index in [2.05, 4.69) is 5.32 Å². The Labute approximate surface area is 127 Å². The van der Waals surface area contributed by atoms with Crippen molar-refractivity contribution < 1.29 is 19.1 Å². The van der Waals surface area contributed by atoms with E-state index < -0.39 is 0 Å². The number of piperidine rings is 1. The number of methoxy groups -OCH3 is 1. The summed E-state index contributed by atoms with van der Waals surface area (Å²) in [4.78, 5) is 25.5. The third-order valence-corrected chi connectivity index (χ3v) is 3.53. The summed E-state index contributed by atoms with van der Waals surface area (Å²) in [5.41, 5.74) is 0. The summed E-state index contributed by atoms with van der Waals surface area (Å²) in [6, 6.07) is -0.279. The average Bonchev–Trinajstić information content (AvgIpc) is 2.46. The molecule has 1 aliphatic rings. The summed E-state index contributed by atoms with van der Waals surface area (Å²) < 4.78 is 10.2. The molecular formula is C15H28N2O4. The normalized spacial score (nSPS) is 19.5. The number of esters is 1. The fourth-order valence-electron chi connectivity index (χ4n) is 2.44. The van der Waals surface area contributed by atoms with E-state index in [0.717, 1.165) is 32.2 Å². The lowest BCUT2D eigenvalue weighted by Gasteiger charge is -2.32. The second-order valence-corrected chi connectivity index (χ2v) is 5.63. The Balaban J connectivity index is 2.26. The highest BCUT2D eigenvalue weighted by molar-refractivity contribution is 5.80. The predicted octanol–water partition coefficient (Wildman–Crippen LogP) is 0.945. The number of carbonyl (C=O) groups is 2. The van der Waals surface area contributed by atoms with Gasteiger partial charge in [-0.05, 0) is 39.7 Å². The maximum absolute atomic E-state index is 11.9. The average molecular weight is 300 g/mol. The van der Waals surface area contributed by atoms with Crippen molar-refractivity contribution in [2.45, 2.75) is 51.7 Å². The smallest absolute Gasteiger partial charge is 0.323 e. The van der Waals surface area contributed by atoms with Crippen LogP contribution in [0, 0.1) is 0 Å². The first-order valence-electron chi connectivity index (χ1n) is 7.74. The maximum atomic E-state index is 11.9. The fourth-order valence-corrected chi connectivity index (χ4v) is 2.44. The molecule has 0 spiro atoms. The van der Waals surface area contributed by atoms with E-state index in [1.165, 1.54) is 7.11 Å². The maximum Gasteiger partial charge on any atom is 0.323 e. The molecule has 0 radical (unpaired) electrons. The zero-order chi connectivity index (χ0) is 15.7. The topological polar surface area (TPSA) is 67.9 Å². The van der Waals surface area contributed by atoms with Gasteiger partial charge in [-0.25, -0.2) is 0 Å². The molecule has 1 heterocycles. The zero-order valence-electron chi connectivity index (χ0n) is 13.4. The quantitative estimate of drug-likeness (QED) is 0.534. The van der Waals surface area contributed by atoms with Crippen molar-refractivity contribution in [1.82, 2.24) is 10.2 Å². The number of likely N-dealkylation sites (tertiary alicyclic amines) is 1. The lowest BCUT2D eigenvalue weighted by molar-refractivity contribution is -0.148. The van der Waals surface area contributed by atoms with Crippen molar-refractivity contribution in [3.05, 3.63) is 0 Å². The Hall–Kier alpha value is -1.14. The number of nitrogens with zero attached hydrogens (tertiary/aromatic N) is 1. The number of rotatable bonds is 8. The van der Waals surface area contributed by atoms with Gasteiger partial charge in [-0.1, -0.05) is 6.42 Å². The molecule has 0 aromatic heterocycles. The van der Waals surface area contributed by atoms with Gasteiger partial charge in [0.15, 0.2) is 0 Å². The molecule has 1 N–H and O–H groups in total. The second kappa shape index (κ2) is 9.73. The van der Waals surface area contributed by atoms with E-state index in [-0.39, 0.29) is 30.6 Å². The lowest BCUT2D eigenvalue weighted by atomic mass is 10.0. The van der Waals surface area contributed by atoms with E-state index in [9.17, 15) is 9.59 Å². The van der Waals surface area contributed by atoms with Gasteiger partial charge in [0.2, 0.25) is 5.91 Å². The molecule has 1 aliphatic heterocycles. The van der Waals surface area contributed by atoms with Crippen LogP contribution in [0.25, 0.3) is 0 Å². The minimum absolute atomic E-state index is 0.0460. The summed E-state index contributed by atoms with van der Waals surface area (Å²) in [5, 5.41) is 2.87. The molecule has 0 aromatic rings. The number of amides is 1. The van der Waals surface area contributed by atoms with Gasteiger partial charge >= 0.3 is 5.97 Å². The summed E-state index contributed by atoms with van der Waals surface area (Å²) >= 11 is 0. The second-order valence-electron chi connectivity index (χ2n) is 5.63. The third kappa shape index (κ3) is 6.91. The lowest BCUT2D eigenvalue weighted by Crippen LogP contribution is -2.49. The van der Waals surface area contributed by atoms with E-state index in [4.69, 9.17) is 9.47 Å². The van der Waals surface area contributed by atoms with Crippen LogP contribution in [0.5, 0.6) is 0 Å². The Morgan fingerprint density at radius 3 is 2.76 bits per heavy atom. The van der Waals surface area contributed by atoms with Crippen LogP contribution < -0.4 is 5.32 Å². The molecule has 1 amide bonds. The zero-order valence-corrected chi connectivity index (χ0v) is 13.4. The van der Waals surface area contributed by atoms with Gasteiger partial charge in [0.05, 0.1) is 19.8 Å². The van der Waals surface area contributed by atoms with Gasteiger partial charge in [0, 0.05) is 13.2 Å². The standard InChI is InChI=1S/C15H28N2O4/c1-12(2)21-10-6-8-16-14(18)11-17-9-5-4-7-13(17)15(19)20-3/h12-13H,4-11H2,1-3H3,(H,16,18)/t13-/m1/s1. The Kier molecular flexibility index (Phi) is 8.30. The van der Waals surface area contributed by atoms with Crippen molar-refractivity contribution in [3.63, 3.8) is 0 Å². The number of ether oxygens (including phenoxy) is 2. The number of hydrogen-bond acceptors (Lipinski definition) is 5. The minimum Gasteiger partial charge on any atom is -0.468 e. The van der Waals surface area contributed by atoms with Gasteiger partial charge in [0.25, 0.3) is 0 Å². The summed E-state index contributed by atoms with van der Waals surface area (Å²) in [7, 11) is 1.39. The van der Waals surface area contributed by atoms with Crippen LogP contribution in [0.4, 0.5) is 0 Å². The molecule has 122 valence electrons. The monoisotopic (exact) mass is 300 g/mol. The molecule has 21 heavy (non-hydrogen) atoms. The number of carbonyl (C=O) groups excluding carboxylic acids is 2. The number of nitrogens with one attached hydrogen (secondary N) is 1. The van der Waals surface area contributed by atoms with Crippen LogP contribution in [0.1, 0.15) is 39.5 Å². The molecule has 0 unspecified atom stereocenters. The van der Waals surface area contributed by atoms with E-state index in [1.54, 1.807) is 0 Å². The van der Waals surface area contributed by atoms with Crippen molar-refractivity contribution >= 4 is 11.9 Å². The first-order valence-corrected chi connectivity index (χ1v) is 7.74. The molecule has 0 bridgehead atoms. The van der Waals surface area contributed by atoms with Crippen molar-refractivity contribution in [2.75, 3.05) is 33.4 Å². The van der Waals surface area contributed by atoms with Crippen molar-refractivity contribution in [3.8, 4) is 0 Å². The molecule has 1 fully saturated rings. The Morgan fingerprint density at radius 2 is 2.10 bits per heavy atom. The van der Waals surface area contributed by atoms with Crippen LogP contribution in [0.15, 0.2) is 0 Å². The van der Waals surface area contributed by atoms with E-state index in [0.29, 0.717) is 13.2 Å². The van der Waals surface area contributed by atoms with Crippen LogP contribution in [-0.4, -0.2) is 62.3 Å². The third-order valence-electron chi connectivity index (χ3n) is 3.53. The van der Waals surface area contributed by atoms with Crippen molar-refractivity contribution in [1.29, 1.82) is 0 Å². The molecule has 6 nitrogen and oxygen atoms in total.